The SMILES string of the molecule is Cc1nc2ccccc2n1CCCCCN1CCc2cc(C(=O)O)ccc2C1. The molecule has 0 spiro atoms. The van der Waals surface area contributed by atoms with E-state index in [0.717, 1.165) is 50.4 Å². The first-order valence-corrected chi connectivity index (χ1v) is 10.1. The maximum atomic E-state index is 11.1. The lowest BCUT2D eigenvalue weighted by atomic mass is 9.97. The lowest BCUT2D eigenvalue weighted by Crippen LogP contribution is -2.31. The summed E-state index contributed by atoms with van der Waals surface area (Å²) in [6.07, 6.45) is 4.49. The molecule has 1 aliphatic rings. The van der Waals surface area contributed by atoms with Crippen molar-refractivity contribution in [2.24, 2.45) is 0 Å². The summed E-state index contributed by atoms with van der Waals surface area (Å²) in [6, 6.07) is 13.9. The number of carboxylic acid groups (broad SMARTS) is 1. The minimum atomic E-state index is -0.842. The smallest absolute Gasteiger partial charge is 0.335 e. The van der Waals surface area contributed by atoms with Crippen molar-refractivity contribution in [1.29, 1.82) is 0 Å². The van der Waals surface area contributed by atoms with Gasteiger partial charge in [0.1, 0.15) is 5.82 Å². The molecule has 0 unspecified atom stereocenters. The zero-order valence-electron chi connectivity index (χ0n) is 16.4. The first-order chi connectivity index (χ1) is 13.6. The van der Waals surface area contributed by atoms with Crippen molar-refractivity contribution >= 4 is 17.0 Å². The lowest BCUT2D eigenvalue weighted by Gasteiger charge is -2.29. The molecule has 0 radical (unpaired) electrons. The van der Waals surface area contributed by atoms with Crippen LogP contribution < -0.4 is 0 Å². The highest BCUT2D eigenvalue weighted by Crippen LogP contribution is 2.21. The van der Waals surface area contributed by atoms with Crippen LogP contribution in [-0.4, -0.2) is 38.6 Å². The third-order valence-corrected chi connectivity index (χ3v) is 5.75. The average Bonchev–Trinajstić information content (AvgIpc) is 3.02. The van der Waals surface area contributed by atoms with E-state index in [0.29, 0.717) is 5.56 Å². The summed E-state index contributed by atoms with van der Waals surface area (Å²) in [5.41, 5.74) is 5.18. The minimum Gasteiger partial charge on any atom is -0.478 e. The van der Waals surface area contributed by atoms with E-state index in [9.17, 15) is 4.79 Å². The zero-order chi connectivity index (χ0) is 19.5. The van der Waals surface area contributed by atoms with Gasteiger partial charge in [-0.2, -0.15) is 0 Å². The number of carboxylic acids is 1. The molecule has 1 N–H and O–H groups in total. The quantitative estimate of drug-likeness (QED) is 0.625. The number of hydrogen-bond donors (Lipinski definition) is 1. The molecule has 5 heteroatoms. The van der Waals surface area contributed by atoms with Crippen LogP contribution in [0.25, 0.3) is 11.0 Å². The summed E-state index contributed by atoms with van der Waals surface area (Å²) in [5, 5.41) is 9.13. The lowest BCUT2D eigenvalue weighted by molar-refractivity contribution is 0.0696. The molecular formula is C23H27N3O2. The van der Waals surface area contributed by atoms with Crippen molar-refractivity contribution in [3.05, 3.63) is 65.0 Å². The number of rotatable bonds is 7. The second kappa shape index (κ2) is 8.15. The molecule has 0 aliphatic carbocycles. The van der Waals surface area contributed by atoms with E-state index in [2.05, 4.69) is 39.6 Å². The molecule has 146 valence electrons. The van der Waals surface area contributed by atoms with Crippen molar-refractivity contribution in [3.8, 4) is 0 Å². The van der Waals surface area contributed by atoms with Crippen molar-refractivity contribution in [3.63, 3.8) is 0 Å². The number of fused-ring (bicyclic) bond motifs is 2. The van der Waals surface area contributed by atoms with Crippen LogP contribution in [0.2, 0.25) is 0 Å². The number of aromatic nitrogens is 2. The van der Waals surface area contributed by atoms with Gasteiger partial charge in [-0.3, -0.25) is 4.90 Å². The summed E-state index contributed by atoms with van der Waals surface area (Å²) in [5.74, 6) is 0.251. The van der Waals surface area contributed by atoms with Gasteiger partial charge in [-0.25, -0.2) is 9.78 Å². The van der Waals surface area contributed by atoms with Crippen LogP contribution in [0.5, 0.6) is 0 Å². The van der Waals surface area contributed by atoms with Gasteiger partial charge >= 0.3 is 5.97 Å². The van der Waals surface area contributed by atoms with Crippen LogP contribution in [-0.2, 0) is 19.5 Å². The molecule has 2 heterocycles. The Bertz CT molecular complexity index is 993. The van der Waals surface area contributed by atoms with Crippen LogP contribution in [0.15, 0.2) is 42.5 Å². The first-order valence-electron chi connectivity index (χ1n) is 10.1. The summed E-state index contributed by atoms with van der Waals surface area (Å²) in [4.78, 5) is 18.2. The van der Waals surface area contributed by atoms with Gasteiger partial charge < -0.3 is 9.67 Å². The third kappa shape index (κ3) is 3.94. The maximum absolute atomic E-state index is 11.1. The fraction of sp³-hybridized carbons (Fsp3) is 0.391. The second-order valence-corrected chi connectivity index (χ2v) is 7.67. The van der Waals surface area contributed by atoms with E-state index in [1.165, 1.54) is 29.5 Å². The van der Waals surface area contributed by atoms with Gasteiger partial charge in [0.05, 0.1) is 16.6 Å². The molecule has 0 saturated carbocycles. The molecule has 0 atom stereocenters. The Labute approximate surface area is 165 Å². The highest BCUT2D eigenvalue weighted by atomic mass is 16.4. The highest BCUT2D eigenvalue weighted by Gasteiger charge is 2.17. The Kier molecular flexibility index (Phi) is 5.44. The van der Waals surface area contributed by atoms with E-state index in [-0.39, 0.29) is 0 Å². The molecule has 4 rings (SSSR count). The molecule has 0 fully saturated rings. The largest absolute Gasteiger partial charge is 0.478 e. The fourth-order valence-electron chi connectivity index (χ4n) is 4.20. The second-order valence-electron chi connectivity index (χ2n) is 7.67. The highest BCUT2D eigenvalue weighted by molar-refractivity contribution is 5.87. The summed E-state index contributed by atoms with van der Waals surface area (Å²) < 4.78 is 2.33. The van der Waals surface area contributed by atoms with Crippen LogP contribution in [0, 0.1) is 6.92 Å². The van der Waals surface area contributed by atoms with Crippen LogP contribution >= 0.6 is 0 Å². The van der Waals surface area contributed by atoms with Crippen molar-refractivity contribution in [1.82, 2.24) is 14.5 Å². The molecular weight excluding hydrogens is 350 g/mol. The van der Waals surface area contributed by atoms with Crippen molar-refractivity contribution < 1.29 is 9.90 Å². The molecule has 28 heavy (non-hydrogen) atoms. The van der Waals surface area contributed by atoms with E-state index >= 15 is 0 Å². The molecule has 5 nitrogen and oxygen atoms in total. The number of para-hydroxylation sites is 2. The van der Waals surface area contributed by atoms with Crippen LogP contribution in [0.4, 0.5) is 0 Å². The predicted octanol–water partition coefficient (Wildman–Crippen LogP) is 4.27. The van der Waals surface area contributed by atoms with Gasteiger partial charge in [0.25, 0.3) is 0 Å². The summed E-state index contributed by atoms with van der Waals surface area (Å²) in [7, 11) is 0. The van der Waals surface area contributed by atoms with Gasteiger partial charge in [0, 0.05) is 19.6 Å². The maximum Gasteiger partial charge on any atom is 0.335 e. The third-order valence-electron chi connectivity index (χ3n) is 5.75. The summed E-state index contributed by atoms with van der Waals surface area (Å²) in [6.45, 7) is 6.15. The minimum absolute atomic E-state index is 0.398. The summed E-state index contributed by atoms with van der Waals surface area (Å²) >= 11 is 0. The van der Waals surface area contributed by atoms with Gasteiger partial charge in [-0.05, 0) is 68.1 Å². The average molecular weight is 377 g/mol. The standard InChI is InChI=1S/C23H27N3O2/c1-17-24-21-7-3-4-8-22(21)26(17)13-6-2-5-12-25-14-11-18-15-19(23(27)28)9-10-20(18)16-25/h3-4,7-10,15H,2,5-6,11-14,16H2,1H3,(H,27,28). The number of hydrogen-bond acceptors (Lipinski definition) is 3. The molecule has 1 aliphatic heterocycles. The molecule has 2 aromatic carbocycles. The number of imidazole rings is 1. The fourth-order valence-corrected chi connectivity index (χ4v) is 4.20. The van der Waals surface area contributed by atoms with E-state index in [1.54, 1.807) is 6.07 Å². The number of carbonyl (C=O) groups is 1. The van der Waals surface area contributed by atoms with Gasteiger partial charge in [-0.1, -0.05) is 24.6 Å². The first kappa shape index (κ1) is 18.7. The molecule has 1 aromatic heterocycles. The van der Waals surface area contributed by atoms with Crippen LogP contribution in [0.3, 0.4) is 0 Å². The number of nitrogens with zero attached hydrogens (tertiary/aromatic N) is 3. The van der Waals surface area contributed by atoms with Gasteiger partial charge in [-0.15, -0.1) is 0 Å². The van der Waals surface area contributed by atoms with Crippen molar-refractivity contribution in [2.75, 3.05) is 13.1 Å². The number of aromatic carboxylic acids is 1. The normalized spacial score (nSPS) is 14.3. The Balaban J connectivity index is 1.25. The molecule has 0 amide bonds. The number of aryl methyl sites for hydroxylation is 2. The van der Waals surface area contributed by atoms with Gasteiger partial charge in [0.15, 0.2) is 0 Å². The van der Waals surface area contributed by atoms with Gasteiger partial charge in [0.2, 0.25) is 0 Å². The van der Waals surface area contributed by atoms with E-state index < -0.39 is 5.97 Å². The predicted molar refractivity (Wildman–Crippen MR) is 111 cm³/mol. The zero-order valence-corrected chi connectivity index (χ0v) is 16.4. The monoisotopic (exact) mass is 377 g/mol. The number of benzene rings is 2. The Hall–Kier alpha value is -2.66. The van der Waals surface area contributed by atoms with E-state index in [1.807, 2.05) is 18.2 Å². The Morgan fingerprint density at radius 3 is 2.75 bits per heavy atom. The molecule has 0 saturated heterocycles. The topological polar surface area (TPSA) is 58.4 Å². The molecule has 3 aromatic rings. The van der Waals surface area contributed by atoms with E-state index in [4.69, 9.17) is 5.11 Å². The Morgan fingerprint density at radius 2 is 1.89 bits per heavy atom. The van der Waals surface area contributed by atoms with Crippen LogP contribution in [0.1, 0.15) is 46.6 Å². The Morgan fingerprint density at radius 1 is 1.07 bits per heavy atom. The number of unbranched alkanes of at least 4 members (excludes halogenated alkanes) is 2. The molecule has 0 bridgehead atoms. The van der Waals surface area contributed by atoms with Crippen molar-refractivity contribution in [2.45, 2.75) is 45.7 Å².